The molecule has 148 valence electrons. The number of nitrogens with zero attached hydrogens (tertiary/aromatic N) is 3. The molecule has 0 saturated heterocycles. The highest BCUT2D eigenvalue weighted by atomic mass is 32.2. The van der Waals surface area contributed by atoms with E-state index in [9.17, 15) is 13.8 Å². The van der Waals surface area contributed by atoms with E-state index in [-0.39, 0.29) is 40.0 Å². The second-order valence-electron chi connectivity index (χ2n) is 6.44. The van der Waals surface area contributed by atoms with Gasteiger partial charge in [0.1, 0.15) is 15.2 Å². The summed E-state index contributed by atoms with van der Waals surface area (Å²) in [4.78, 5) is 34.3. The van der Waals surface area contributed by atoms with Crippen molar-refractivity contribution in [1.29, 1.82) is 4.78 Å². The van der Waals surface area contributed by atoms with Crippen LogP contribution in [0, 0.1) is 11.7 Å². The third-order valence-electron chi connectivity index (χ3n) is 4.28. The summed E-state index contributed by atoms with van der Waals surface area (Å²) >= 11 is 0. The molecule has 1 atom stereocenters. The molecule has 0 saturated carbocycles. The third-order valence-corrected chi connectivity index (χ3v) is 6.03. The lowest BCUT2D eigenvalue weighted by Crippen LogP contribution is -2.18. The van der Waals surface area contributed by atoms with Gasteiger partial charge < -0.3 is 15.8 Å². The van der Waals surface area contributed by atoms with Crippen LogP contribution in [0.2, 0.25) is 0 Å². The second-order valence-corrected chi connectivity index (χ2v) is 8.56. The van der Waals surface area contributed by atoms with Gasteiger partial charge in [-0.1, -0.05) is 19.1 Å². The average molecular weight is 404 g/mol. The average Bonchev–Trinajstić information content (AvgIpc) is 2.91. The number of H-pyrrole nitrogens is 1. The van der Waals surface area contributed by atoms with E-state index in [0.717, 1.165) is 0 Å². The SMILES string of the molecule is CCCS(=N)(=O)c1nc(N)c2[nH]c(=O)n(Cc3ccc(C(=O)O)c(C)c3)c2n1. The lowest BCUT2D eigenvalue weighted by molar-refractivity contribution is 0.0696. The molecule has 3 aromatic rings. The van der Waals surface area contributed by atoms with Gasteiger partial charge in [0.2, 0.25) is 5.16 Å². The number of hydrogen-bond donors (Lipinski definition) is 4. The Bertz CT molecular complexity index is 1240. The van der Waals surface area contributed by atoms with Crippen LogP contribution in [0.3, 0.4) is 0 Å². The zero-order valence-electron chi connectivity index (χ0n) is 15.4. The standard InChI is InChI=1S/C17H20N6O4S/c1-3-6-28(19,27)16-21-13(18)12-14(22-16)23(17(26)20-12)8-10-4-5-11(15(24)25)9(2)7-10/h4-5,7,19H,3,6,8H2,1-2H3,(H,20,26)(H,24,25)(H2,18,21,22). The molecule has 3 rings (SSSR count). The molecule has 2 aromatic heterocycles. The number of nitrogens with two attached hydrogens (primary N) is 1. The van der Waals surface area contributed by atoms with Crippen LogP contribution in [0.4, 0.5) is 5.82 Å². The van der Waals surface area contributed by atoms with Gasteiger partial charge in [0.05, 0.1) is 12.1 Å². The number of aromatic carboxylic acids is 1. The van der Waals surface area contributed by atoms with E-state index in [1.165, 1.54) is 10.6 Å². The Hall–Kier alpha value is -3.21. The minimum atomic E-state index is -3.22. The number of nitrogen functional groups attached to an aromatic ring is 1. The zero-order valence-corrected chi connectivity index (χ0v) is 16.2. The topological polar surface area (TPSA) is 168 Å². The van der Waals surface area contributed by atoms with Gasteiger partial charge in [-0.25, -0.2) is 23.6 Å². The Labute approximate surface area is 160 Å². The lowest BCUT2D eigenvalue weighted by Gasteiger charge is -2.09. The summed E-state index contributed by atoms with van der Waals surface area (Å²) in [5, 5.41) is 8.94. The van der Waals surface area contributed by atoms with Crippen LogP contribution in [-0.2, 0) is 16.3 Å². The van der Waals surface area contributed by atoms with E-state index >= 15 is 0 Å². The molecule has 0 fully saturated rings. The first-order chi connectivity index (χ1) is 13.1. The van der Waals surface area contributed by atoms with E-state index in [2.05, 4.69) is 15.0 Å². The number of imidazole rings is 1. The van der Waals surface area contributed by atoms with Gasteiger partial charge in [-0.15, -0.1) is 0 Å². The van der Waals surface area contributed by atoms with Crippen LogP contribution in [0.1, 0.15) is 34.8 Å². The molecule has 11 heteroatoms. The largest absolute Gasteiger partial charge is 0.478 e. The predicted molar refractivity (Wildman–Crippen MR) is 104 cm³/mol. The maximum Gasteiger partial charge on any atom is 0.335 e. The molecule has 10 nitrogen and oxygen atoms in total. The fourth-order valence-electron chi connectivity index (χ4n) is 2.95. The van der Waals surface area contributed by atoms with Gasteiger partial charge in [-0.2, -0.15) is 4.98 Å². The van der Waals surface area contributed by atoms with Crippen molar-refractivity contribution in [2.24, 2.45) is 0 Å². The van der Waals surface area contributed by atoms with Gasteiger partial charge in [-0.05, 0) is 30.5 Å². The number of carboxylic acids is 1. The van der Waals surface area contributed by atoms with Crippen molar-refractivity contribution in [3.8, 4) is 0 Å². The number of aromatic amines is 1. The highest BCUT2D eigenvalue weighted by Crippen LogP contribution is 2.19. The molecule has 0 aliphatic carbocycles. The number of rotatable bonds is 6. The first-order valence-corrected chi connectivity index (χ1v) is 10.2. The second kappa shape index (κ2) is 7.08. The van der Waals surface area contributed by atoms with E-state index in [4.69, 9.17) is 15.6 Å². The zero-order chi connectivity index (χ0) is 20.6. The van der Waals surface area contributed by atoms with Gasteiger partial charge in [0.25, 0.3) is 0 Å². The van der Waals surface area contributed by atoms with Crippen LogP contribution in [-0.4, -0.2) is 40.6 Å². The molecular formula is C17H20N6O4S. The van der Waals surface area contributed by atoms with Crippen LogP contribution < -0.4 is 11.4 Å². The number of aromatic nitrogens is 4. The van der Waals surface area contributed by atoms with Gasteiger partial charge >= 0.3 is 11.7 Å². The number of nitrogens with one attached hydrogen (secondary N) is 2. The smallest absolute Gasteiger partial charge is 0.335 e. The lowest BCUT2D eigenvalue weighted by atomic mass is 10.1. The quantitative estimate of drug-likeness (QED) is 0.452. The Morgan fingerprint density at radius 2 is 2.11 bits per heavy atom. The van der Waals surface area contributed by atoms with Crippen molar-refractivity contribution < 1.29 is 14.1 Å². The molecular weight excluding hydrogens is 384 g/mol. The van der Waals surface area contributed by atoms with Crippen molar-refractivity contribution >= 4 is 32.7 Å². The third kappa shape index (κ3) is 3.48. The first kappa shape index (κ1) is 19.5. The van der Waals surface area contributed by atoms with Crippen molar-refractivity contribution in [2.75, 3.05) is 11.5 Å². The van der Waals surface area contributed by atoms with E-state index in [0.29, 0.717) is 17.5 Å². The Kier molecular flexibility index (Phi) is 4.94. The fraction of sp³-hybridized carbons (Fsp3) is 0.294. The number of benzene rings is 1. The van der Waals surface area contributed by atoms with E-state index < -0.39 is 21.4 Å². The number of hydrogen-bond acceptors (Lipinski definition) is 7. The highest BCUT2D eigenvalue weighted by molar-refractivity contribution is 7.92. The number of carbonyl (C=O) groups is 1. The molecule has 0 aliphatic heterocycles. The molecule has 0 bridgehead atoms. The number of aryl methyl sites for hydroxylation is 1. The molecule has 2 heterocycles. The summed E-state index contributed by atoms with van der Waals surface area (Å²) in [7, 11) is -3.22. The number of anilines is 1. The monoisotopic (exact) mass is 404 g/mol. The summed E-state index contributed by atoms with van der Waals surface area (Å²) in [5.74, 6) is -0.994. The summed E-state index contributed by atoms with van der Waals surface area (Å²) in [6.07, 6.45) is 0.513. The van der Waals surface area contributed by atoms with E-state index in [1.54, 1.807) is 26.0 Å². The van der Waals surface area contributed by atoms with Crippen molar-refractivity contribution in [1.82, 2.24) is 19.5 Å². The van der Waals surface area contributed by atoms with E-state index in [1.807, 2.05) is 0 Å². The molecule has 0 amide bonds. The first-order valence-electron chi connectivity index (χ1n) is 8.49. The molecule has 28 heavy (non-hydrogen) atoms. The molecule has 1 unspecified atom stereocenters. The molecule has 1 aromatic carbocycles. The summed E-state index contributed by atoms with van der Waals surface area (Å²) in [6.45, 7) is 3.57. The number of fused-ring (bicyclic) bond motifs is 1. The van der Waals surface area contributed by atoms with Crippen molar-refractivity contribution in [2.45, 2.75) is 32.0 Å². The maximum atomic E-state index is 12.5. The minimum Gasteiger partial charge on any atom is -0.478 e. The van der Waals surface area contributed by atoms with Crippen molar-refractivity contribution in [3.05, 3.63) is 45.4 Å². The molecule has 0 radical (unpaired) electrons. The molecule has 0 spiro atoms. The summed E-state index contributed by atoms with van der Waals surface area (Å²) in [6, 6.07) is 4.75. The summed E-state index contributed by atoms with van der Waals surface area (Å²) < 4.78 is 21.9. The fourth-order valence-corrected chi connectivity index (χ4v) is 4.19. The minimum absolute atomic E-state index is 0.0515. The van der Waals surface area contributed by atoms with Gasteiger partial charge in [0, 0.05) is 5.75 Å². The van der Waals surface area contributed by atoms with Crippen molar-refractivity contribution in [3.63, 3.8) is 0 Å². The van der Waals surface area contributed by atoms with Crippen LogP contribution in [0.5, 0.6) is 0 Å². The molecule has 5 N–H and O–H groups in total. The summed E-state index contributed by atoms with van der Waals surface area (Å²) in [5.41, 5.74) is 7.19. The molecule has 0 aliphatic rings. The normalized spacial score (nSPS) is 13.5. The Morgan fingerprint density at radius 3 is 2.71 bits per heavy atom. The predicted octanol–water partition coefficient (Wildman–Crippen LogP) is 1.57. The van der Waals surface area contributed by atoms with Crippen LogP contribution in [0.25, 0.3) is 11.2 Å². The van der Waals surface area contributed by atoms with Gasteiger partial charge in [-0.3, -0.25) is 4.57 Å². The Morgan fingerprint density at radius 1 is 1.39 bits per heavy atom. The Balaban J connectivity index is 2.12. The number of carboxylic acid groups (broad SMARTS) is 1. The highest BCUT2D eigenvalue weighted by Gasteiger charge is 2.20. The maximum absolute atomic E-state index is 12.5. The van der Waals surface area contributed by atoms with Crippen LogP contribution in [0.15, 0.2) is 28.2 Å². The van der Waals surface area contributed by atoms with Gasteiger partial charge in [0.15, 0.2) is 11.5 Å². The van der Waals surface area contributed by atoms with Crippen LogP contribution >= 0.6 is 0 Å².